The van der Waals surface area contributed by atoms with E-state index in [0.29, 0.717) is 29.0 Å². The van der Waals surface area contributed by atoms with Crippen molar-refractivity contribution in [3.63, 3.8) is 0 Å². The lowest BCUT2D eigenvalue weighted by Crippen LogP contribution is -2.49. The molecule has 27 heavy (non-hydrogen) atoms. The highest BCUT2D eigenvalue weighted by molar-refractivity contribution is 6.30. The molecule has 3 heterocycles. The number of aromatic nitrogens is 1. The van der Waals surface area contributed by atoms with Crippen molar-refractivity contribution in [2.24, 2.45) is 10.7 Å². The van der Waals surface area contributed by atoms with E-state index in [-0.39, 0.29) is 16.9 Å². The van der Waals surface area contributed by atoms with Gasteiger partial charge in [0.2, 0.25) is 0 Å². The summed E-state index contributed by atoms with van der Waals surface area (Å²) in [4.78, 5) is 23.3. The van der Waals surface area contributed by atoms with Crippen molar-refractivity contribution in [1.82, 2.24) is 9.88 Å². The summed E-state index contributed by atoms with van der Waals surface area (Å²) in [6, 6.07) is 5.86. The van der Waals surface area contributed by atoms with Gasteiger partial charge in [-0.05, 0) is 38.1 Å². The average molecular weight is 389 g/mol. The number of amides is 1. The second-order valence-electron chi connectivity index (χ2n) is 7.46. The van der Waals surface area contributed by atoms with Gasteiger partial charge in [-0.3, -0.25) is 14.7 Å². The molecule has 0 saturated heterocycles. The van der Waals surface area contributed by atoms with Crippen LogP contribution >= 0.6 is 11.6 Å². The zero-order chi connectivity index (χ0) is 19.6. The van der Waals surface area contributed by atoms with Gasteiger partial charge < -0.3 is 10.5 Å². The Morgan fingerprint density at radius 2 is 2.04 bits per heavy atom. The molecule has 1 atom stereocenters. The Kier molecular flexibility index (Phi) is 3.72. The Balaban J connectivity index is 1.93. The van der Waals surface area contributed by atoms with Gasteiger partial charge in [0.25, 0.3) is 5.91 Å². The fourth-order valence-corrected chi connectivity index (χ4v) is 3.96. The van der Waals surface area contributed by atoms with Crippen LogP contribution < -0.4 is 10.5 Å². The first-order valence-electron chi connectivity index (χ1n) is 8.41. The van der Waals surface area contributed by atoms with Crippen molar-refractivity contribution in [1.29, 1.82) is 0 Å². The molecule has 140 valence electrons. The number of nitrogens with zero attached hydrogens (tertiary/aromatic N) is 3. The van der Waals surface area contributed by atoms with Crippen LogP contribution in [0.3, 0.4) is 0 Å². The van der Waals surface area contributed by atoms with Crippen molar-refractivity contribution in [3.05, 3.63) is 46.9 Å². The van der Waals surface area contributed by atoms with Gasteiger partial charge in [-0.1, -0.05) is 11.6 Å². The molecule has 1 spiro atoms. The molecule has 1 aromatic carbocycles. The highest BCUT2D eigenvalue weighted by Crippen LogP contribution is 2.49. The maximum Gasteiger partial charge on any atom is 0.261 e. The molecule has 2 aromatic rings. The summed E-state index contributed by atoms with van der Waals surface area (Å²) < 4.78 is 19.8. The third kappa shape index (κ3) is 2.73. The number of benzene rings is 1. The van der Waals surface area contributed by atoms with Crippen LogP contribution in [-0.4, -0.2) is 34.4 Å². The molecule has 4 rings (SSSR count). The highest BCUT2D eigenvalue weighted by atomic mass is 35.5. The summed E-state index contributed by atoms with van der Waals surface area (Å²) >= 11 is 5.97. The van der Waals surface area contributed by atoms with Gasteiger partial charge in [0, 0.05) is 29.6 Å². The van der Waals surface area contributed by atoms with Crippen molar-refractivity contribution in [3.8, 4) is 17.0 Å². The number of hydrogen-bond acceptors (Lipinski definition) is 5. The van der Waals surface area contributed by atoms with E-state index in [1.165, 1.54) is 23.2 Å². The third-order valence-corrected chi connectivity index (χ3v) is 5.06. The molecule has 2 aliphatic rings. The van der Waals surface area contributed by atoms with Crippen LogP contribution in [-0.2, 0) is 10.3 Å². The van der Waals surface area contributed by atoms with Gasteiger partial charge in [0.15, 0.2) is 11.5 Å². The summed E-state index contributed by atoms with van der Waals surface area (Å²) in [5, 5.41) is 0.260. The van der Waals surface area contributed by atoms with E-state index in [4.69, 9.17) is 22.1 Å². The SMILES string of the molecule is CN1C(=O)C2(CC(C)(C)Oc3cnc(-c4cc(F)cc(Cl)c4)cc32)N=C1N. The van der Waals surface area contributed by atoms with Gasteiger partial charge in [0.1, 0.15) is 17.2 Å². The van der Waals surface area contributed by atoms with Crippen LogP contribution in [0, 0.1) is 5.82 Å². The number of nitrogens with two attached hydrogens (primary N) is 1. The van der Waals surface area contributed by atoms with Crippen LogP contribution in [0.5, 0.6) is 5.75 Å². The molecule has 1 unspecified atom stereocenters. The summed E-state index contributed by atoms with van der Waals surface area (Å²) in [6.45, 7) is 3.77. The minimum atomic E-state index is -1.19. The van der Waals surface area contributed by atoms with Crippen LogP contribution in [0.4, 0.5) is 4.39 Å². The molecule has 0 radical (unpaired) electrons. The largest absolute Gasteiger partial charge is 0.486 e. The average Bonchev–Trinajstić information content (AvgIpc) is 2.77. The number of halogens is 2. The van der Waals surface area contributed by atoms with Crippen molar-refractivity contribution in [2.75, 3.05) is 7.05 Å². The number of guanidine groups is 1. The quantitative estimate of drug-likeness (QED) is 0.814. The fourth-order valence-electron chi connectivity index (χ4n) is 3.74. The van der Waals surface area contributed by atoms with Gasteiger partial charge in [0.05, 0.1) is 11.9 Å². The summed E-state index contributed by atoms with van der Waals surface area (Å²) in [6.07, 6.45) is 1.85. The first-order chi connectivity index (χ1) is 12.6. The predicted octanol–water partition coefficient (Wildman–Crippen LogP) is 3.08. The highest BCUT2D eigenvalue weighted by Gasteiger charge is 2.55. The van der Waals surface area contributed by atoms with Gasteiger partial charge in [-0.25, -0.2) is 9.38 Å². The number of fused-ring (bicyclic) bond motifs is 2. The number of ether oxygens (including phenoxy) is 1. The maximum absolute atomic E-state index is 13.8. The number of hydrogen-bond donors (Lipinski definition) is 1. The smallest absolute Gasteiger partial charge is 0.261 e. The van der Waals surface area contributed by atoms with Crippen LogP contribution in [0.2, 0.25) is 5.02 Å². The lowest BCUT2D eigenvalue weighted by atomic mass is 9.77. The van der Waals surface area contributed by atoms with Gasteiger partial charge >= 0.3 is 0 Å². The fraction of sp³-hybridized carbons (Fsp3) is 0.316. The molecule has 1 amide bonds. The Bertz CT molecular complexity index is 987. The minimum absolute atomic E-state index is 0.149. The number of carbonyl (C=O) groups excluding carboxylic acids is 1. The lowest BCUT2D eigenvalue weighted by molar-refractivity contribution is -0.133. The van der Waals surface area contributed by atoms with Crippen LogP contribution in [0.15, 0.2) is 35.5 Å². The summed E-state index contributed by atoms with van der Waals surface area (Å²) in [5.74, 6) is -0.0939. The second-order valence-corrected chi connectivity index (χ2v) is 7.89. The van der Waals surface area contributed by atoms with E-state index < -0.39 is 17.0 Å². The van der Waals surface area contributed by atoms with E-state index in [2.05, 4.69) is 9.98 Å². The summed E-state index contributed by atoms with van der Waals surface area (Å²) in [5.41, 5.74) is 5.64. The van der Waals surface area contributed by atoms with Gasteiger partial charge in [-0.15, -0.1) is 0 Å². The van der Waals surface area contributed by atoms with Gasteiger partial charge in [-0.2, -0.15) is 0 Å². The maximum atomic E-state index is 13.8. The Morgan fingerprint density at radius 1 is 1.30 bits per heavy atom. The van der Waals surface area contributed by atoms with Crippen molar-refractivity contribution >= 4 is 23.5 Å². The Labute approximate surface area is 160 Å². The molecular formula is C19H18ClFN4O2. The molecule has 0 bridgehead atoms. The second kappa shape index (κ2) is 5.66. The molecular weight excluding hydrogens is 371 g/mol. The molecule has 8 heteroatoms. The summed E-state index contributed by atoms with van der Waals surface area (Å²) in [7, 11) is 1.59. The number of carbonyl (C=O) groups is 1. The topological polar surface area (TPSA) is 80.8 Å². The monoisotopic (exact) mass is 388 g/mol. The Morgan fingerprint density at radius 3 is 2.67 bits per heavy atom. The first-order valence-corrected chi connectivity index (χ1v) is 8.79. The number of likely N-dealkylation sites (N-methyl/N-ethyl adjacent to an activating group) is 1. The molecule has 0 saturated carbocycles. The van der Waals surface area contributed by atoms with E-state index in [1.807, 2.05) is 13.8 Å². The number of pyridine rings is 1. The predicted molar refractivity (Wildman–Crippen MR) is 100 cm³/mol. The molecule has 1 aromatic heterocycles. The molecule has 0 fully saturated rings. The van der Waals surface area contributed by atoms with E-state index in [0.717, 1.165) is 0 Å². The number of aliphatic imine (C=N–C) groups is 1. The zero-order valence-corrected chi connectivity index (χ0v) is 15.8. The molecule has 6 nitrogen and oxygen atoms in total. The van der Waals surface area contributed by atoms with Crippen molar-refractivity contribution in [2.45, 2.75) is 31.4 Å². The third-order valence-electron chi connectivity index (χ3n) is 4.85. The van der Waals surface area contributed by atoms with Crippen molar-refractivity contribution < 1.29 is 13.9 Å². The molecule has 2 aliphatic heterocycles. The van der Waals surface area contributed by atoms with E-state index >= 15 is 0 Å². The molecule has 2 N–H and O–H groups in total. The van der Waals surface area contributed by atoms with E-state index in [1.54, 1.807) is 19.2 Å². The van der Waals surface area contributed by atoms with E-state index in [9.17, 15) is 9.18 Å². The first kappa shape index (κ1) is 17.7. The normalized spacial score (nSPS) is 23.2. The standard InChI is InChI=1S/C19H18ClFN4O2/c1-18(2)9-19(16(26)25(3)17(22)24-19)13-7-14(23-8-15(13)27-18)10-4-11(20)6-12(21)5-10/h4-8H,9H2,1-3H3,(H2,22,24). The number of rotatable bonds is 1. The van der Waals surface area contributed by atoms with Crippen LogP contribution in [0.1, 0.15) is 25.8 Å². The minimum Gasteiger partial charge on any atom is -0.486 e. The lowest BCUT2D eigenvalue weighted by Gasteiger charge is -2.41. The Hall–Kier alpha value is -2.67. The van der Waals surface area contributed by atoms with Crippen LogP contribution in [0.25, 0.3) is 11.3 Å². The molecule has 0 aliphatic carbocycles. The zero-order valence-electron chi connectivity index (χ0n) is 15.1.